The van der Waals surface area contributed by atoms with Crippen molar-refractivity contribution in [3.63, 3.8) is 0 Å². The Morgan fingerprint density at radius 2 is 1.29 bits per heavy atom. The molecule has 2 aromatic rings. The van der Waals surface area contributed by atoms with Gasteiger partial charge in [-0.2, -0.15) is 0 Å². The first-order valence-electron chi connectivity index (χ1n) is 14.8. The number of nitrogens with one attached hydrogen (secondary N) is 1. The van der Waals surface area contributed by atoms with E-state index in [9.17, 15) is 0 Å². The fourth-order valence-electron chi connectivity index (χ4n) is 6.51. The van der Waals surface area contributed by atoms with E-state index in [-0.39, 0.29) is 0 Å². The Morgan fingerprint density at radius 1 is 0.732 bits per heavy atom. The van der Waals surface area contributed by atoms with E-state index in [2.05, 4.69) is 28.2 Å². The highest BCUT2D eigenvalue weighted by molar-refractivity contribution is 6.42. The number of hydrogen-bond acceptors (Lipinski definition) is 5. The Bertz CT molecular complexity index is 1100. The van der Waals surface area contributed by atoms with Crippen molar-refractivity contribution in [3.8, 4) is 0 Å². The van der Waals surface area contributed by atoms with E-state index in [0.717, 1.165) is 44.9 Å². The molecule has 3 aliphatic heterocycles. The average molecular weight is 646 g/mol. The van der Waals surface area contributed by atoms with Crippen LogP contribution in [0.3, 0.4) is 0 Å². The highest BCUT2D eigenvalue weighted by Gasteiger charge is 2.33. The van der Waals surface area contributed by atoms with Crippen LogP contribution in [0, 0.1) is 11.8 Å². The van der Waals surface area contributed by atoms with E-state index in [1.807, 2.05) is 37.4 Å². The minimum atomic E-state index is 0.290. The molecule has 3 aliphatic rings. The number of piperidine rings is 3. The SMILES string of the molecule is CO[C@@H]1CN(C2CCN(C)CC2)CCC1Cc1ccc(Cl)c(Cl)c1.CO[C@@H]1CNCCC1Cc1ccc(Cl)c(Cl)c1. The molecule has 0 radical (unpaired) electrons. The maximum Gasteiger partial charge on any atom is 0.0730 e. The van der Waals surface area contributed by atoms with Gasteiger partial charge in [0.15, 0.2) is 0 Å². The fraction of sp³-hybridized carbons (Fsp3) is 0.625. The Labute approximate surface area is 266 Å². The molecule has 4 atom stereocenters. The molecule has 3 heterocycles. The summed E-state index contributed by atoms with van der Waals surface area (Å²) in [6.45, 7) is 6.66. The van der Waals surface area contributed by atoms with Crippen molar-refractivity contribution in [2.24, 2.45) is 11.8 Å². The first-order valence-corrected chi connectivity index (χ1v) is 16.3. The van der Waals surface area contributed by atoms with E-state index in [0.29, 0.717) is 44.1 Å². The first-order chi connectivity index (χ1) is 19.8. The van der Waals surface area contributed by atoms with Crippen molar-refractivity contribution < 1.29 is 9.47 Å². The summed E-state index contributed by atoms with van der Waals surface area (Å²) in [5, 5.41) is 5.87. The lowest BCUT2D eigenvalue weighted by Gasteiger charge is -2.44. The third-order valence-corrected chi connectivity index (χ3v) is 10.5. The van der Waals surface area contributed by atoms with Gasteiger partial charge < -0.3 is 19.7 Å². The van der Waals surface area contributed by atoms with Gasteiger partial charge in [0, 0.05) is 33.4 Å². The van der Waals surface area contributed by atoms with Crippen LogP contribution in [0.15, 0.2) is 36.4 Å². The highest BCUT2D eigenvalue weighted by Crippen LogP contribution is 2.30. The zero-order chi connectivity index (χ0) is 29.4. The second kappa shape index (κ2) is 16.5. The third-order valence-electron chi connectivity index (χ3n) is 9.06. The minimum absolute atomic E-state index is 0.290. The van der Waals surface area contributed by atoms with Crippen LogP contribution in [0.4, 0.5) is 0 Å². The molecule has 3 saturated heterocycles. The van der Waals surface area contributed by atoms with Crippen molar-refractivity contribution in [2.45, 2.75) is 56.8 Å². The van der Waals surface area contributed by atoms with Gasteiger partial charge in [0.1, 0.15) is 0 Å². The number of methoxy groups -OCH3 is 2. The molecule has 9 heteroatoms. The van der Waals surface area contributed by atoms with Crippen LogP contribution in [-0.4, -0.2) is 88.6 Å². The van der Waals surface area contributed by atoms with Gasteiger partial charge in [0.2, 0.25) is 0 Å². The maximum atomic E-state index is 6.16. The summed E-state index contributed by atoms with van der Waals surface area (Å²) in [6, 6.07) is 12.6. The molecule has 0 amide bonds. The molecule has 1 N–H and O–H groups in total. The molecule has 5 rings (SSSR count). The summed E-state index contributed by atoms with van der Waals surface area (Å²) in [5.41, 5.74) is 2.48. The van der Waals surface area contributed by atoms with E-state index < -0.39 is 0 Å². The topological polar surface area (TPSA) is 37.0 Å². The largest absolute Gasteiger partial charge is 0.380 e. The van der Waals surface area contributed by atoms with E-state index >= 15 is 0 Å². The normalized spacial score (nSPS) is 26.4. The Kier molecular flexibility index (Phi) is 13.4. The van der Waals surface area contributed by atoms with Crippen LogP contribution in [0.25, 0.3) is 0 Å². The molecule has 0 saturated carbocycles. The molecule has 0 bridgehead atoms. The monoisotopic (exact) mass is 643 g/mol. The van der Waals surface area contributed by atoms with Gasteiger partial charge in [0.05, 0.1) is 32.3 Å². The zero-order valence-electron chi connectivity index (χ0n) is 24.6. The summed E-state index contributed by atoms with van der Waals surface area (Å²) < 4.78 is 11.4. The van der Waals surface area contributed by atoms with Crippen molar-refractivity contribution in [1.82, 2.24) is 15.1 Å². The molecule has 2 aromatic carbocycles. The number of hydrogen-bond donors (Lipinski definition) is 1. The molecule has 2 unspecified atom stereocenters. The van der Waals surface area contributed by atoms with Gasteiger partial charge in [-0.05, 0) is 119 Å². The predicted molar refractivity (Wildman–Crippen MR) is 173 cm³/mol. The maximum absolute atomic E-state index is 6.16. The lowest BCUT2D eigenvalue weighted by Crippen LogP contribution is -2.52. The minimum Gasteiger partial charge on any atom is -0.380 e. The second-order valence-electron chi connectivity index (χ2n) is 11.8. The molecule has 228 valence electrons. The summed E-state index contributed by atoms with van der Waals surface area (Å²) in [4.78, 5) is 5.09. The van der Waals surface area contributed by atoms with Gasteiger partial charge in [0.25, 0.3) is 0 Å². The molecule has 41 heavy (non-hydrogen) atoms. The number of rotatable bonds is 7. The Balaban J connectivity index is 0.000000201. The molecular weight excluding hydrogens is 600 g/mol. The summed E-state index contributed by atoms with van der Waals surface area (Å²) in [7, 11) is 5.85. The second-order valence-corrected chi connectivity index (χ2v) is 13.4. The Morgan fingerprint density at radius 3 is 1.83 bits per heavy atom. The Hall–Kier alpha value is -0.600. The van der Waals surface area contributed by atoms with E-state index in [4.69, 9.17) is 55.9 Å². The number of ether oxygens (including phenoxy) is 2. The first kappa shape index (κ1) is 33.3. The fourth-order valence-corrected chi connectivity index (χ4v) is 7.15. The van der Waals surface area contributed by atoms with Crippen LogP contribution in [0.1, 0.15) is 36.8 Å². The predicted octanol–water partition coefficient (Wildman–Crippen LogP) is 7.13. The van der Waals surface area contributed by atoms with Gasteiger partial charge in [-0.25, -0.2) is 0 Å². The molecule has 5 nitrogen and oxygen atoms in total. The lowest BCUT2D eigenvalue weighted by molar-refractivity contribution is -0.0325. The van der Waals surface area contributed by atoms with Crippen LogP contribution < -0.4 is 5.32 Å². The molecule has 0 aliphatic carbocycles. The van der Waals surface area contributed by atoms with E-state index in [1.165, 1.54) is 50.0 Å². The van der Waals surface area contributed by atoms with Gasteiger partial charge in [-0.3, -0.25) is 4.90 Å². The van der Waals surface area contributed by atoms with Gasteiger partial charge >= 0.3 is 0 Å². The smallest absolute Gasteiger partial charge is 0.0730 e. The van der Waals surface area contributed by atoms with E-state index in [1.54, 1.807) is 7.11 Å². The highest BCUT2D eigenvalue weighted by atomic mass is 35.5. The van der Waals surface area contributed by atoms with Crippen molar-refractivity contribution >= 4 is 46.4 Å². The van der Waals surface area contributed by atoms with Crippen molar-refractivity contribution in [3.05, 3.63) is 67.6 Å². The molecule has 3 fully saturated rings. The van der Waals surface area contributed by atoms with Crippen LogP contribution >= 0.6 is 46.4 Å². The van der Waals surface area contributed by atoms with Gasteiger partial charge in [-0.1, -0.05) is 58.5 Å². The molecule has 0 spiro atoms. The lowest BCUT2D eigenvalue weighted by atomic mass is 9.86. The van der Waals surface area contributed by atoms with Crippen LogP contribution in [0.5, 0.6) is 0 Å². The summed E-state index contributed by atoms with van der Waals surface area (Å²) in [5.74, 6) is 1.10. The number of benzene rings is 2. The molecular formula is C32H45Cl4N3O2. The number of likely N-dealkylation sites (tertiary alicyclic amines) is 2. The van der Waals surface area contributed by atoms with Crippen molar-refractivity contribution in [1.29, 1.82) is 0 Å². The summed E-state index contributed by atoms with van der Waals surface area (Å²) in [6.07, 6.45) is 7.48. The third kappa shape index (κ3) is 9.69. The van der Waals surface area contributed by atoms with Crippen molar-refractivity contribution in [2.75, 3.05) is 60.5 Å². The van der Waals surface area contributed by atoms with Gasteiger partial charge in [-0.15, -0.1) is 0 Å². The van der Waals surface area contributed by atoms with Crippen LogP contribution in [0.2, 0.25) is 20.1 Å². The standard InChI is InChI=1S/C19H28Cl2N2O.C13H17Cl2NO/c1-22-8-6-16(7-9-22)23-10-5-15(19(13-23)24-2)11-14-3-4-17(20)18(21)12-14;1-17-13-8-16-5-4-10(13)6-9-2-3-11(14)12(15)7-9/h3-4,12,15-16,19H,5-11,13H2,1-2H3;2-3,7,10,13,16H,4-6,8H2,1H3/t15?,19-;10?,13-/m11/s1. The number of halogens is 4. The average Bonchev–Trinajstić information content (AvgIpc) is 2.98. The summed E-state index contributed by atoms with van der Waals surface area (Å²) >= 11 is 24.1. The van der Waals surface area contributed by atoms with Crippen LogP contribution in [-0.2, 0) is 22.3 Å². The zero-order valence-corrected chi connectivity index (χ0v) is 27.6. The quantitative estimate of drug-likeness (QED) is 0.347. The molecule has 0 aromatic heterocycles. The number of nitrogens with zero attached hydrogens (tertiary/aromatic N) is 2.